The molecule has 6 nitrogen and oxygen atoms in total. The van der Waals surface area contributed by atoms with Crippen LogP contribution in [0.25, 0.3) is 22.0 Å². The first-order valence-corrected chi connectivity index (χ1v) is 8.92. The van der Waals surface area contributed by atoms with Crippen molar-refractivity contribution < 1.29 is 19.3 Å². The smallest absolute Gasteiger partial charge is 0.213 e. The highest BCUT2D eigenvalue weighted by atomic mass is 16.5. The molecule has 0 aliphatic carbocycles. The van der Waals surface area contributed by atoms with Gasteiger partial charge in [-0.05, 0) is 41.5 Å². The van der Waals surface area contributed by atoms with Gasteiger partial charge in [-0.2, -0.15) is 0 Å². The Balaban J connectivity index is 1.53. The van der Waals surface area contributed by atoms with Gasteiger partial charge in [0.15, 0.2) is 0 Å². The zero-order chi connectivity index (χ0) is 18.9. The maximum atomic E-state index is 8.59. The number of hydrogen-bond donors (Lipinski definition) is 2. The minimum atomic E-state index is 0.0260. The summed E-state index contributed by atoms with van der Waals surface area (Å²) in [6.45, 7) is 2.17. The van der Waals surface area contributed by atoms with Gasteiger partial charge in [0.1, 0.15) is 6.61 Å². The molecule has 27 heavy (non-hydrogen) atoms. The molecule has 6 heteroatoms. The summed E-state index contributed by atoms with van der Waals surface area (Å²) in [5, 5.41) is 9.64. The van der Waals surface area contributed by atoms with Crippen molar-refractivity contribution in [3.05, 3.63) is 54.6 Å². The molecule has 0 radical (unpaired) electrons. The zero-order valence-corrected chi connectivity index (χ0v) is 15.1. The Kier molecular flexibility index (Phi) is 6.98. The summed E-state index contributed by atoms with van der Waals surface area (Å²) < 4.78 is 16.1. The predicted octanol–water partition coefficient (Wildman–Crippen LogP) is 2.89. The fourth-order valence-corrected chi connectivity index (χ4v) is 2.63. The van der Waals surface area contributed by atoms with Crippen molar-refractivity contribution in [2.24, 2.45) is 0 Å². The number of fused-ring (bicyclic) bond motifs is 1. The first-order valence-electron chi connectivity index (χ1n) is 8.92. The Hall–Kier alpha value is -2.67. The van der Waals surface area contributed by atoms with Gasteiger partial charge in [-0.1, -0.05) is 18.2 Å². The van der Waals surface area contributed by atoms with Crippen molar-refractivity contribution in [1.82, 2.24) is 4.98 Å². The standard InChI is InChI=1S/C21H24N2O4/c22-19-5-1-16(2-6-19)17-3-7-20-18(15-17)4-8-21(23-20)27-14-13-26-12-11-25-10-9-24/h1-8,15,24H,9-14,22H2. The lowest BCUT2D eigenvalue weighted by Crippen LogP contribution is -2.12. The molecule has 0 fully saturated rings. The summed E-state index contributed by atoms with van der Waals surface area (Å²) in [6, 6.07) is 17.8. The number of nitrogen functional groups attached to an aromatic ring is 1. The Morgan fingerprint density at radius 3 is 2.26 bits per heavy atom. The maximum Gasteiger partial charge on any atom is 0.213 e. The number of rotatable bonds is 10. The number of anilines is 1. The summed E-state index contributed by atoms with van der Waals surface area (Å²) in [7, 11) is 0. The topological polar surface area (TPSA) is 86.8 Å². The van der Waals surface area contributed by atoms with Crippen LogP contribution in [0.2, 0.25) is 0 Å². The third kappa shape index (κ3) is 5.65. The first kappa shape index (κ1) is 19.1. The van der Waals surface area contributed by atoms with Crippen LogP contribution in [0.4, 0.5) is 5.69 Å². The number of hydrogen-bond acceptors (Lipinski definition) is 6. The Labute approximate surface area is 158 Å². The van der Waals surface area contributed by atoms with E-state index in [9.17, 15) is 0 Å². The second-order valence-corrected chi connectivity index (χ2v) is 5.98. The lowest BCUT2D eigenvalue weighted by atomic mass is 10.0. The zero-order valence-electron chi connectivity index (χ0n) is 15.1. The lowest BCUT2D eigenvalue weighted by molar-refractivity contribution is 0.0243. The maximum absolute atomic E-state index is 8.59. The van der Waals surface area contributed by atoms with E-state index in [0.717, 1.165) is 27.7 Å². The molecular formula is C21H24N2O4. The van der Waals surface area contributed by atoms with E-state index in [1.54, 1.807) is 0 Å². The third-order valence-corrected chi connectivity index (χ3v) is 3.99. The van der Waals surface area contributed by atoms with Crippen LogP contribution in [0.15, 0.2) is 54.6 Å². The molecule has 2 aromatic carbocycles. The van der Waals surface area contributed by atoms with Gasteiger partial charge in [0.05, 0.1) is 38.6 Å². The van der Waals surface area contributed by atoms with Crippen LogP contribution in [0, 0.1) is 0 Å². The Morgan fingerprint density at radius 2 is 1.48 bits per heavy atom. The molecule has 0 saturated carbocycles. The molecule has 3 N–H and O–H groups in total. The molecule has 0 saturated heterocycles. The first-order chi connectivity index (χ1) is 13.3. The van der Waals surface area contributed by atoms with E-state index in [4.69, 9.17) is 25.1 Å². The summed E-state index contributed by atoms with van der Waals surface area (Å²) in [5.74, 6) is 0.572. The molecule has 0 amide bonds. The van der Waals surface area contributed by atoms with E-state index in [-0.39, 0.29) is 6.61 Å². The van der Waals surface area contributed by atoms with Crippen molar-refractivity contribution in [1.29, 1.82) is 0 Å². The quantitative estimate of drug-likeness (QED) is 0.423. The number of aliphatic hydroxyl groups excluding tert-OH is 1. The molecule has 0 atom stereocenters. The molecule has 0 bridgehead atoms. The molecule has 3 rings (SSSR count). The largest absolute Gasteiger partial charge is 0.475 e. The molecular weight excluding hydrogens is 344 g/mol. The second kappa shape index (κ2) is 9.87. The van der Waals surface area contributed by atoms with Crippen molar-refractivity contribution in [2.45, 2.75) is 0 Å². The number of ether oxygens (including phenoxy) is 3. The highest BCUT2D eigenvalue weighted by Crippen LogP contribution is 2.25. The summed E-state index contributed by atoms with van der Waals surface area (Å²) in [5.41, 5.74) is 9.62. The van der Waals surface area contributed by atoms with Gasteiger partial charge in [0.25, 0.3) is 0 Å². The van der Waals surface area contributed by atoms with E-state index in [1.807, 2.05) is 48.5 Å². The van der Waals surface area contributed by atoms with Gasteiger partial charge in [-0.15, -0.1) is 0 Å². The fraction of sp³-hybridized carbons (Fsp3) is 0.286. The average Bonchev–Trinajstić information content (AvgIpc) is 2.70. The van der Waals surface area contributed by atoms with Gasteiger partial charge >= 0.3 is 0 Å². The summed E-state index contributed by atoms with van der Waals surface area (Å²) in [4.78, 5) is 4.53. The van der Waals surface area contributed by atoms with Crippen LogP contribution < -0.4 is 10.5 Å². The van der Waals surface area contributed by atoms with Crippen LogP contribution in [-0.2, 0) is 9.47 Å². The van der Waals surface area contributed by atoms with E-state index in [1.165, 1.54) is 0 Å². The van der Waals surface area contributed by atoms with Crippen molar-refractivity contribution in [2.75, 3.05) is 45.4 Å². The van der Waals surface area contributed by atoms with Gasteiger partial charge < -0.3 is 25.1 Å². The van der Waals surface area contributed by atoms with Gasteiger partial charge in [0.2, 0.25) is 5.88 Å². The highest BCUT2D eigenvalue weighted by molar-refractivity contribution is 5.85. The number of nitrogens with zero attached hydrogens (tertiary/aromatic N) is 1. The van der Waals surface area contributed by atoms with Gasteiger partial charge in [-0.25, -0.2) is 4.98 Å². The highest BCUT2D eigenvalue weighted by Gasteiger charge is 2.03. The van der Waals surface area contributed by atoms with E-state index in [2.05, 4.69) is 11.1 Å². The number of aromatic nitrogens is 1. The van der Waals surface area contributed by atoms with Crippen LogP contribution in [0.1, 0.15) is 0 Å². The Morgan fingerprint density at radius 1 is 0.778 bits per heavy atom. The normalized spacial score (nSPS) is 11.0. The van der Waals surface area contributed by atoms with E-state index < -0.39 is 0 Å². The van der Waals surface area contributed by atoms with E-state index in [0.29, 0.717) is 38.9 Å². The fourth-order valence-electron chi connectivity index (χ4n) is 2.63. The van der Waals surface area contributed by atoms with Crippen molar-refractivity contribution in [3.8, 4) is 17.0 Å². The number of nitrogens with two attached hydrogens (primary N) is 1. The molecule has 142 valence electrons. The number of pyridine rings is 1. The average molecular weight is 368 g/mol. The van der Waals surface area contributed by atoms with Gasteiger partial charge in [-0.3, -0.25) is 0 Å². The molecule has 1 heterocycles. The molecule has 0 aliphatic rings. The van der Waals surface area contributed by atoms with Gasteiger partial charge in [0, 0.05) is 17.1 Å². The monoisotopic (exact) mass is 368 g/mol. The second-order valence-electron chi connectivity index (χ2n) is 5.98. The van der Waals surface area contributed by atoms with E-state index >= 15 is 0 Å². The van der Waals surface area contributed by atoms with Crippen molar-refractivity contribution in [3.63, 3.8) is 0 Å². The molecule has 1 aromatic heterocycles. The van der Waals surface area contributed by atoms with Crippen LogP contribution in [0.5, 0.6) is 5.88 Å². The molecule has 0 spiro atoms. The Bertz CT molecular complexity index is 852. The third-order valence-electron chi connectivity index (χ3n) is 3.99. The molecule has 0 aliphatic heterocycles. The van der Waals surface area contributed by atoms with Crippen LogP contribution >= 0.6 is 0 Å². The summed E-state index contributed by atoms with van der Waals surface area (Å²) in [6.07, 6.45) is 0. The molecule has 0 unspecified atom stereocenters. The predicted molar refractivity (Wildman–Crippen MR) is 106 cm³/mol. The lowest BCUT2D eigenvalue weighted by Gasteiger charge is -2.08. The summed E-state index contributed by atoms with van der Waals surface area (Å²) >= 11 is 0. The molecule has 3 aromatic rings. The SMILES string of the molecule is Nc1ccc(-c2ccc3nc(OCCOCCOCCO)ccc3c2)cc1. The van der Waals surface area contributed by atoms with Crippen molar-refractivity contribution >= 4 is 16.6 Å². The number of benzene rings is 2. The minimum Gasteiger partial charge on any atom is -0.475 e. The van der Waals surface area contributed by atoms with Crippen LogP contribution in [0.3, 0.4) is 0 Å². The number of aliphatic hydroxyl groups is 1. The van der Waals surface area contributed by atoms with Crippen LogP contribution in [-0.4, -0.2) is 49.7 Å². The minimum absolute atomic E-state index is 0.0260.